The Bertz CT molecular complexity index is 1910. The van der Waals surface area contributed by atoms with Crippen LogP contribution in [0.15, 0.2) is 83.9 Å². The summed E-state index contributed by atoms with van der Waals surface area (Å²) in [5.41, 5.74) is 8.25. The molecule has 1 aliphatic heterocycles. The Balaban J connectivity index is 1.48. The van der Waals surface area contributed by atoms with Crippen molar-refractivity contribution in [2.24, 2.45) is 0 Å². The van der Waals surface area contributed by atoms with Gasteiger partial charge in [0.05, 0.1) is 31.6 Å². The van der Waals surface area contributed by atoms with Crippen LogP contribution in [0.25, 0.3) is 27.6 Å². The number of carbonyl (C=O) groups is 1. The van der Waals surface area contributed by atoms with Gasteiger partial charge >= 0.3 is 0 Å². The van der Waals surface area contributed by atoms with E-state index in [-0.39, 0.29) is 22.9 Å². The van der Waals surface area contributed by atoms with Crippen LogP contribution in [0, 0.1) is 0 Å². The van der Waals surface area contributed by atoms with Crippen LogP contribution in [0.2, 0.25) is 0 Å². The van der Waals surface area contributed by atoms with E-state index >= 15 is 0 Å². The van der Waals surface area contributed by atoms with Gasteiger partial charge in [0, 0.05) is 29.8 Å². The minimum atomic E-state index is -2.93. The molecule has 1 atom stereocenters. The number of fused-ring (bicyclic) bond motifs is 1. The third-order valence-electron chi connectivity index (χ3n) is 7.31. The Morgan fingerprint density at radius 3 is 2.56 bits per heavy atom. The van der Waals surface area contributed by atoms with Crippen molar-refractivity contribution in [3.05, 3.63) is 101 Å². The molecule has 1 amide bonds. The Morgan fingerprint density at radius 1 is 1.07 bits per heavy atom. The highest BCUT2D eigenvalue weighted by molar-refractivity contribution is 5.99. The van der Waals surface area contributed by atoms with E-state index in [1.54, 1.807) is 16.8 Å². The van der Waals surface area contributed by atoms with Crippen molar-refractivity contribution in [3.8, 4) is 22.7 Å². The van der Waals surface area contributed by atoms with Crippen molar-refractivity contribution in [1.82, 2.24) is 24.4 Å². The van der Waals surface area contributed by atoms with Crippen LogP contribution in [0.3, 0.4) is 0 Å². The summed E-state index contributed by atoms with van der Waals surface area (Å²) in [4.78, 5) is 40.8. The lowest BCUT2D eigenvalue weighted by atomic mass is 9.98. The second-order valence-electron chi connectivity index (χ2n) is 10.3. The SMILES string of the molecule is COc1cc(-c2cccc3cc([C@H](C)Nc4nc(N)ncc4C(=O)N4CC(F)(F)C4)n(-c4ccccc4)c(=O)c23)ccn1. The molecule has 10 nitrogen and oxygen atoms in total. The quantitative estimate of drug-likeness (QED) is 0.282. The van der Waals surface area contributed by atoms with Crippen molar-refractivity contribution in [2.45, 2.75) is 18.9 Å². The highest BCUT2D eigenvalue weighted by Crippen LogP contribution is 2.33. The highest BCUT2D eigenvalue weighted by atomic mass is 19.3. The topological polar surface area (TPSA) is 128 Å². The van der Waals surface area contributed by atoms with Gasteiger partial charge in [-0.15, -0.1) is 0 Å². The van der Waals surface area contributed by atoms with E-state index < -0.39 is 31.0 Å². The number of nitrogens with two attached hydrogens (primary N) is 1. The van der Waals surface area contributed by atoms with E-state index in [9.17, 15) is 18.4 Å². The zero-order valence-corrected chi connectivity index (χ0v) is 23.3. The summed E-state index contributed by atoms with van der Waals surface area (Å²) in [6.07, 6.45) is 2.84. The maximum absolute atomic E-state index is 14.4. The number of likely N-dealkylation sites (tertiary alicyclic amines) is 1. The van der Waals surface area contributed by atoms with Gasteiger partial charge in [-0.05, 0) is 47.7 Å². The summed E-state index contributed by atoms with van der Waals surface area (Å²) in [5, 5.41) is 4.37. The third-order valence-corrected chi connectivity index (χ3v) is 7.31. The molecule has 43 heavy (non-hydrogen) atoms. The molecule has 4 heterocycles. The molecule has 12 heteroatoms. The molecule has 0 unspecified atom stereocenters. The molecule has 0 radical (unpaired) electrons. The number of nitrogens with one attached hydrogen (secondary N) is 1. The zero-order chi connectivity index (χ0) is 30.3. The number of ether oxygens (including phenoxy) is 1. The molecule has 1 aliphatic rings. The Morgan fingerprint density at radius 2 is 1.84 bits per heavy atom. The highest BCUT2D eigenvalue weighted by Gasteiger charge is 2.47. The van der Waals surface area contributed by atoms with Crippen LogP contribution in [0.5, 0.6) is 5.88 Å². The van der Waals surface area contributed by atoms with Gasteiger partial charge in [0.15, 0.2) is 0 Å². The molecule has 1 saturated heterocycles. The number of halogens is 2. The average Bonchev–Trinajstić information content (AvgIpc) is 2.99. The first-order valence-corrected chi connectivity index (χ1v) is 13.5. The fourth-order valence-electron chi connectivity index (χ4n) is 5.24. The summed E-state index contributed by atoms with van der Waals surface area (Å²) >= 11 is 0. The van der Waals surface area contributed by atoms with E-state index in [1.807, 2.05) is 67.6 Å². The standard InChI is InChI=1S/C31H27F2N7O3/c1-18(37-27-23(15-36-30(34)38-27)28(41)39-16-31(32,33)17-39)24-13-20-7-6-10-22(19-11-12-35-25(14-19)43-2)26(20)29(42)40(24)21-8-4-3-5-9-21/h3-15,18H,16-17H2,1-2H3,(H3,34,36,37,38)/t18-/m0/s1. The molecular formula is C31H27F2N7O3. The number of aromatic nitrogens is 4. The Kier molecular flexibility index (Phi) is 6.96. The van der Waals surface area contributed by atoms with Crippen LogP contribution in [-0.4, -0.2) is 56.4 Å². The van der Waals surface area contributed by atoms with E-state index in [0.717, 1.165) is 10.5 Å². The Hall–Kier alpha value is -5.39. The van der Waals surface area contributed by atoms with Crippen molar-refractivity contribution in [3.63, 3.8) is 0 Å². The first-order chi connectivity index (χ1) is 20.6. The van der Waals surface area contributed by atoms with E-state index in [2.05, 4.69) is 20.3 Å². The first-order valence-electron chi connectivity index (χ1n) is 13.5. The van der Waals surface area contributed by atoms with Crippen LogP contribution in [0.1, 0.15) is 29.0 Å². The number of anilines is 2. The van der Waals surface area contributed by atoms with E-state index in [4.69, 9.17) is 10.5 Å². The minimum absolute atomic E-state index is 0.000122. The second kappa shape index (κ2) is 10.8. The van der Waals surface area contributed by atoms with Gasteiger partial charge in [-0.1, -0.05) is 36.4 Å². The lowest BCUT2D eigenvalue weighted by Gasteiger charge is -2.38. The number of amides is 1. The average molecular weight is 584 g/mol. The summed E-state index contributed by atoms with van der Waals surface area (Å²) in [5.74, 6) is -3.18. The molecule has 3 aromatic heterocycles. The lowest BCUT2D eigenvalue weighted by molar-refractivity contribution is -0.113. The van der Waals surface area contributed by atoms with Crippen LogP contribution < -0.4 is 21.3 Å². The van der Waals surface area contributed by atoms with Gasteiger partial charge in [-0.2, -0.15) is 4.98 Å². The zero-order valence-electron chi connectivity index (χ0n) is 23.3. The van der Waals surface area contributed by atoms with E-state index in [0.29, 0.717) is 33.6 Å². The smallest absolute Gasteiger partial charge is 0.282 e. The molecule has 0 bridgehead atoms. The maximum atomic E-state index is 14.4. The molecular weight excluding hydrogens is 556 g/mol. The molecule has 5 aromatic rings. The molecule has 3 N–H and O–H groups in total. The summed E-state index contributed by atoms with van der Waals surface area (Å²) in [6.45, 7) is 0.437. The predicted molar refractivity (Wildman–Crippen MR) is 159 cm³/mol. The second-order valence-corrected chi connectivity index (χ2v) is 10.3. The number of carbonyl (C=O) groups excluding carboxylic acids is 1. The number of hydrogen-bond donors (Lipinski definition) is 2. The van der Waals surface area contributed by atoms with Crippen LogP contribution in [0.4, 0.5) is 20.5 Å². The molecule has 0 aliphatic carbocycles. The molecule has 0 saturated carbocycles. The van der Waals surface area contributed by atoms with Gasteiger partial charge in [0.1, 0.15) is 11.4 Å². The van der Waals surface area contributed by atoms with Gasteiger partial charge in [0.2, 0.25) is 11.8 Å². The van der Waals surface area contributed by atoms with Crippen molar-refractivity contribution in [2.75, 3.05) is 31.2 Å². The third kappa shape index (κ3) is 5.23. The molecule has 1 fully saturated rings. The molecule has 0 spiro atoms. The van der Waals surface area contributed by atoms with Gasteiger partial charge in [-0.3, -0.25) is 14.2 Å². The fraction of sp³-hybridized carbons (Fsp3) is 0.194. The van der Waals surface area contributed by atoms with Gasteiger partial charge in [-0.25, -0.2) is 18.7 Å². The number of pyridine rings is 2. The number of nitrogen functional groups attached to an aromatic ring is 1. The number of nitrogens with zero attached hydrogens (tertiary/aromatic N) is 5. The number of benzene rings is 2. The van der Waals surface area contributed by atoms with Crippen molar-refractivity contribution < 1.29 is 18.3 Å². The van der Waals surface area contributed by atoms with Crippen LogP contribution in [-0.2, 0) is 0 Å². The summed E-state index contributed by atoms with van der Waals surface area (Å²) < 4.78 is 33.9. The maximum Gasteiger partial charge on any atom is 0.282 e. The summed E-state index contributed by atoms with van der Waals surface area (Å²) in [6, 6.07) is 19.6. The predicted octanol–water partition coefficient (Wildman–Crippen LogP) is 4.70. The van der Waals surface area contributed by atoms with Gasteiger partial charge < -0.3 is 20.7 Å². The van der Waals surface area contributed by atoms with Gasteiger partial charge in [0.25, 0.3) is 17.4 Å². The number of rotatable bonds is 7. The number of alkyl halides is 2. The summed E-state index contributed by atoms with van der Waals surface area (Å²) in [7, 11) is 1.53. The number of para-hydroxylation sites is 1. The largest absolute Gasteiger partial charge is 0.481 e. The first kappa shape index (κ1) is 27.8. The molecule has 6 rings (SSSR count). The van der Waals surface area contributed by atoms with Crippen molar-refractivity contribution in [1.29, 1.82) is 0 Å². The minimum Gasteiger partial charge on any atom is -0.481 e. The molecule has 2 aromatic carbocycles. The Labute approximate surface area is 244 Å². The monoisotopic (exact) mass is 583 g/mol. The lowest BCUT2D eigenvalue weighted by Crippen LogP contribution is -2.58. The number of methoxy groups -OCH3 is 1. The van der Waals surface area contributed by atoms with Crippen LogP contribution >= 0.6 is 0 Å². The van der Waals surface area contributed by atoms with E-state index in [1.165, 1.54) is 13.3 Å². The van der Waals surface area contributed by atoms with Crippen molar-refractivity contribution >= 4 is 28.4 Å². The normalized spacial score (nSPS) is 14.7. The molecule has 218 valence electrons. The fourth-order valence-corrected chi connectivity index (χ4v) is 5.24. The number of hydrogen-bond acceptors (Lipinski definition) is 8.